The van der Waals surface area contributed by atoms with Crippen LogP contribution in [0.15, 0.2) is 12.1 Å². The van der Waals surface area contributed by atoms with Gasteiger partial charge in [-0.05, 0) is 24.2 Å². The molecule has 90 valence electrons. The average Bonchev–Trinajstić information content (AvgIpc) is 2.25. The van der Waals surface area contributed by atoms with Crippen molar-refractivity contribution in [2.75, 3.05) is 19.8 Å². The summed E-state index contributed by atoms with van der Waals surface area (Å²) in [6.45, 7) is 2.64. The van der Waals surface area contributed by atoms with Gasteiger partial charge in [0.05, 0.1) is 6.61 Å². The molecule has 0 saturated heterocycles. The molecule has 0 spiro atoms. The summed E-state index contributed by atoms with van der Waals surface area (Å²) in [6.07, 6.45) is 0. The van der Waals surface area contributed by atoms with E-state index in [1.807, 2.05) is 6.92 Å². The van der Waals surface area contributed by atoms with Crippen molar-refractivity contribution < 1.29 is 18.6 Å². The lowest BCUT2D eigenvalue weighted by atomic mass is 10.2. The van der Waals surface area contributed by atoms with Crippen LogP contribution in [0.25, 0.3) is 0 Å². The molecule has 1 aromatic carbocycles. The molecule has 2 N–H and O–H groups in total. The smallest absolute Gasteiger partial charge is 0.190 e. The molecular weight excluding hydrogens is 216 g/mol. The van der Waals surface area contributed by atoms with Crippen LogP contribution in [0.5, 0.6) is 5.75 Å². The second-order valence-electron chi connectivity index (χ2n) is 3.24. The first-order valence-electron chi connectivity index (χ1n) is 5.11. The highest BCUT2D eigenvalue weighted by Crippen LogP contribution is 2.23. The van der Waals surface area contributed by atoms with E-state index in [2.05, 4.69) is 5.32 Å². The molecule has 1 rings (SSSR count). The summed E-state index contributed by atoms with van der Waals surface area (Å²) in [5, 5.41) is 11.5. The van der Waals surface area contributed by atoms with Gasteiger partial charge in [0.25, 0.3) is 0 Å². The van der Waals surface area contributed by atoms with Crippen molar-refractivity contribution in [1.29, 1.82) is 0 Å². The van der Waals surface area contributed by atoms with Crippen LogP contribution in [-0.4, -0.2) is 24.9 Å². The van der Waals surface area contributed by atoms with Gasteiger partial charge in [-0.1, -0.05) is 6.92 Å². The summed E-state index contributed by atoms with van der Waals surface area (Å²) in [5.74, 6) is -1.93. The number of hydrogen-bond donors (Lipinski definition) is 2. The normalized spacial score (nSPS) is 10.5. The van der Waals surface area contributed by atoms with E-state index >= 15 is 0 Å². The number of nitrogens with one attached hydrogen (secondary N) is 1. The Balaban J connectivity index is 2.80. The van der Waals surface area contributed by atoms with E-state index in [1.54, 1.807) is 0 Å². The largest absolute Gasteiger partial charge is 0.485 e. The minimum Gasteiger partial charge on any atom is -0.485 e. The maximum atomic E-state index is 13.4. The van der Waals surface area contributed by atoms with Crippen molar-refractivity contribution in [1.82, 2.24) is 5.32 Å². The minimum atomic E-state index is -0.749. The SMILES string of the molecule is CCNCc1cc(F)c(OCCO)c(F)c1. The van der Waals surface area contributed by atoms with Crippen molar-refractivity contribution in [3.63, 3.8) is 0 Å². The predicted octanol–water partition coefficient (Wildman–Crippen LogP) is 1.45. The van der Waals surface area contributed by atoms with Gasteiger partial charge in [-0.25, -0.2) is 8.78 Å². The third kappa shape index (κ3) is 3.43. The highest BCUT2D eigenvalue weighted by Gasteiger charge is 2.12. The van der Waals surface area contributed by atoms with Crippen LogP contribution in [0.2, 0.25) is 0 Å². The Morgan fingerprint density at radius 2 is 1.94 bits per heavy atom. The zero-order valence-electron chi connectivity index (χ0n) is 9.09. The molecular formula is C11H15F2NO2. The molecule has 0 aromatic heterocycles. The number of halogens is 2. The molecule has 0 saturated carbocycles. The number of benzene rings is 1. The zero-order chi connectivity index (χ0) is 12.0. The summed E-state index contributed by atoms with van der Waals surface area (Å²) in [5.41, 5.74) is 0.521. The Hall–Kier alpha value is -1.20. The fourth-order valence-electron chi connectivity index (χ4n) is 1.27. The van der Waals surface area contributed by atoms with Crippen LogP contribution in [0.1, 0.15) is 12.5 Å². The minimum absolute atomic E-state index is 0.125. The van der Waals surface area contributed by atoms with Crippen LogP contribution < -0.4 is 10.1 Å². The number of ether oxygens (including phenoxy) is 1. The van der Waals surface area contributed by atoms with Gasteiger partial charge in [-0.2, -0.15) is 0 Å². The lowest BCUT2D eigenvalue weighted by Gasteiger charge is -2.09. The van der Waals surface area contributed by atoms with Crippen LogP contribution in [0.3, 0.4) is 0 Å². The number of aliphatic hydroxyl groups is 1. The molecule has 0 radical (unpaired) electrons. The fraction of sp³-hybridized carbons (Fsp3) is 0.455. The van der Waals surface area contributed by atoms with Crippen molar-refractivity contribution in [2.45, 2.75) is 13.5 Å². The molecule has 0 bridgehead atoms. The van der Waals surface area contributed by atoms with E-state index in [4.69, 9.17) is 9.84 Å². The maximum absolute atomic E-state index is 13.4. The Morgan fingerprint density at radius 1 is 1.31 bits per heavy atom. The van der Waals surface area contributed by atoms with Crippen molar-refractivity contribution >= 4 is 0 Å². The molecule has 0 aliphatic heterocycles. The number of aliphatic hydroxyl groups excluding tert-OH is 1. The zero-order valence-corrected chi connectivity index (χ0v) is 9.09. The molecule has 0 atom stereocenters. The highest BCUT2D eigenvalue weighted by atomic mass is 19.1. The van der Waals surface area contributed by atoms with Gasteiger partial charge in [-0.15, -0.1) is 0 Å². The molecule has 16 heavy (non-hydrogen) atoms. The molecule has 1 aromatic rings. The first-order valence-corrected chi connectivity index (χ1v) is 5.11. The molecule has 0 unspecified atom stereocenters. The summed E-state index contributed by atoms with van der Waals surface area (Å²) in [6, 6.07) is 2.44. The van der Waals surface area contributed by atoms with Crippen molar-refractivity contribution in [3.8, 4) is 5.75 Å². The standard InChI is InChI=1S/C11H15F2NO2/c1-2-14-7-8-5-9(12)11(10(13)6-8)16-4-3-15/h5-6,14-15H,2-4,7H2,1H3. The first kappa shape index (κ1) is 12.9. The van der Waals surface area contributed by atoms with Crippen LogP contribution in [-0.2, 0) is 6.54 Å². The van der Waals surface area contributed by atoms with Crippen LogP contribution >= 0.6 is 0 Å². The van der Waals surface area contributed by atoms with Gasteiger partial charge < -0.3 is 15.2 Å². The van der Waals surface area contributed by atoms with Gasteiger partial charge in [0.2, 0.25) is 0 Å². The van der Waals surface area contributed by atoms with E-state index in [-0.39, 0.29) is 13.2 Å². The van der Waals surface area contributed by atoms with Gasteiger partial charge in [0.1, 0.15) is 6.61 Å². The van der Waals surface area contributed by atoms with Crippen molar-refractivity contribution in [3.05, 3.63) is 29.3 Å². The summed E-state index contributed by atoms with van der Waals surface area (Å²) in [4.78, 5) is 0. The van der Waals surface area contributed by atoms with Crippen LogP contribution in [0, 0.1) is 11.6 Å². The lowest BCUT2D eigenvalue weighted by Crippen LogP contribution is -2.13. The molecule has 0 aliphatic rings. The van der Waals surface area contributed by atoms with E-state index in [0.29, 0.717) is 12.1 Å². The topological polar surface area (TPSA) is 41.5 Å². The first-order chi connectivity index (χ1) is 7.69. The second-order valence-corrected chi connectivity index (χ2v) is 3.24. The average molecular weight is 231 g/mol. The van der Waals surface area contributed by atoms with Gasteiger partial charge in [-0.3, -0.25) is 0 Å². The fourth-order valence-corrected chi connectivity index (χ4v) is 1.27. The Kier molecular flexibility index (Phi) is 5.14. The monoisotopic (exact) mass is 231 g/mol. The predicted molar refractivity (Wildman–Crippen MR) is 56.3 cm³/mol. The Morgan fingerprint density at radius 3 is 2.44 bits per heavy atom. The molecule has 3 nitrogen and oxygen atoms in total. The maximum Gasteiger partial charge on any atom is 0.190 e. The summed E-state index contributed by atoms with van der Waals surface area (Å²) in [7, 11) is 0. The summed E-state index contributed by atoms with van der Waals surface area (Å²) < 4.78 is 31.5. The molecule has 5 heteroatoms. The van der Waals surface area contributed by atoms with Gasteiger partial charge in [0.15, 0.2) is 17.4 Å². The molecule has 0 aliphatic carbocycles. The lowest BCUT2D eigenvalue weighted by molar-refractivity contribution is 0.191. The van der Waals surface area contributed by atoms with E-state index in [0.717, 1.165) is 6.54 Å². The second kappa shape index (κ2) is 6.40. The van der Waals surface area contributed by atoms with E-state index in [9.17, 15) is 8.78 Å². The van der Waals surface area contributed by atoms with Crippen LogP contribution in [0.4, 0.5) is 8.78 Å². The highest BCUT2D eigenvalue weighted by molar-refractivity contribution is 5.31. The Bertz CT molecular complexity index is 322. The number of hydrogen-bond acceptors (Lipinski definition) is 3. The van der Waals surface area contributed by atoms with E-state index < -0.39 is 17.4 Å². The number of rotatable bonds is 6. The van der Waals surface area contributed by atoms with Gasteiger partial charge in [0, 0.05) is 6.54 Å². The molecule has 0 fully saturated rings. The third-order valence-corrected chi connectivity index (χ3v) is 1.97. The third-order valence-electron chi connectivity index (χ3n) is 1.97. The van der Waals surface area contributed by atoms with Gasteiger partial charge >= 0.3 is 0 Å². The molecule has 0 amide bonds. The summed E-state index contributed by atoms with van der Waals surface area (Å²) >= 11 is 0. The Labute approximate surface area is 93.0 Å². The molecule has 0 heterocycles. The van der Waals surface area contributed by atoms with E-state index in [1.165, 1.54) is 12.1 Å². The van der Waals surface area contributed by atoms with Crippen molar-refractivity contribution in [2.24, 2.45) is 0 Å². The quantitative estimate of drug-likeness (QED) is 0.778.